The standard InChI is InChI=1S/C14H17BrClNO3/c1-9(14(18)17-10-5-7-19-8-6-10)20-12-4-2-3-11(16)13(12)15/h2-4,9-10H,5-8H2,1H3,(H,17,18). The molecule has 1 aliphatic heterocycles. The van der Waals surface area contributed by atoms with Crippen LogP contribution in [0.4, 0.5) is 0 Å². The van der Waals surface area contributed by atoms with Crippen molar-refractivity contribution in [3.8, 4) is 5.75 Å². The van der Waals surface area contributed by atoms with Crippen LogP contribution in [0.5, 0.6) is 5.75 Å². The highest BCUT2D eigenvalue weighted by Crippen LogP contribution is 2.32. The Morgan fingerprint density at radius 3 is 2.90 bits per heavy atom. The van der Waals surface area contributed by atoms with Crippen molar-refractivity contribution in [3.63, 3.8) is 0 Å². The molecule has 0 aromatic heterocycles. The summed E-state index contributed by atoms with van der Waals surface area (Å²) < 4.78 is 11.6. The van der Waals surface area contributed by atoms with E-state index in [9.17, 15) is 4.79 Å². The summed E-state index contributed by atoms with van der Waals surface area (Å²) in [7, 11) is 0. The number of hydrogen-bond acceptors (Lipinski definition) is 3. The van der Waals surface area contributed by atoms with Crippen LogP contribution in [0.2, 0.25) is 5.02 Å². The molecule has 0 spiro atoms. The van der Waals surface area contributed by atoms with Gasteiger partial charge < -0.3 is 14.8 Å². The molecule has 0 saturated carbocycles. The number of rotatable bonds is 4. The van der Waals surface area contributed by atoms with Crippen LogP contribution in [-0.4, -0.2) is 31.3 Å². The number of benzene rings is 1. The Kier molecular flexibility index (Phi) is 5.69. The van der Waals surface area contributed by atoms with Crippen molar-refractivity contribution in [1.82, 2.24) is 5.32 Å². The SMILES string of the molecule is CC(Oc1cccc(Cl)c1Br)C(=O)NC1CCOCC1. The quantitative estimate of drug-likeness (QED) is 0.895. The molecule has 6 heteroatoms. The fourth-order valence-electron chi connectivity index (χ4n) is 1.98. The third kappa shape index (κ3) is 4.11. The summed E-state index contributed by atoms with van der Waals surface area (Å²) >= 11 is 9.34. The molecule has 0 radical (unpaired) electrons. The van der Waals surface area contributed by atoms with E-state index < -0.39 is 6.10 Å². The predicted octanol–water partition coefficient (Wildman–Crippen LogP) is 3.17. The molecule has 1 fully saturated rings. The van der Waals surface area contributed by atoms with Gasteiger partial charge in [0.05, 0.1) is 9.50 Å². The minimum atomic E-state index is -0.576. The molecule has 0 bridgehead atoms. The summed E-state index contributed by atoms with van der Waals surface area (Å²) in [5, 5.41) is 3.54. The van der Waals surface area contributed by atoms with Crippen molar-refractivity contribution >= 4 is 33.4 Å². The highest BCUT2D eigenvalue weighted by molar-refractivity contribution is 9.10. The first-order valence-electron chi connectivity index (χ1n) is 6.56. The number of carbonyl (C=O) groups is 1. The van der Waals surface area contributed by atoms with Gasteiger partial charge in [0.25, 0.3) is 5.91 Å². The largest absolute Gasteiger partial charge is 0.480 e. The molecule has 110 valence electrons. The van der Waals surface area contributed by atoms with Crippen molar-refractivity contribution in [2.24, 2.45) is 0 Å². The Morgan fingerprint density at radius 1 is 1.50 bits per heavy atom. The molecule has 4 nitrogen and oxygen atoms in total. The first kappa shape index (κ1) is 15.6. The van der Waals surface area contributed by atoms with Crippen LogP contribution in [0, 0.1) is 0 Å². The maximum Gasteiger partial charge on any atom is 0.260 e. The van der Waals surface area contributed by atoms with E-state index in [1.807, 2.05) is 0 Å². The summed E-state index contributed by atoms with van der Waals surface area (Å²) in [5.74, 6) is 0.441. The molecule has 1 amide bonds. The van der Waals surface area contributed by atoms with E-state index in [1.54, 1.807) is 25.1 Å². The highest BCUT2D eigenvalue weighted by atomic mass is 79.9. The van der Waals surface area contributed by atoms with Gasteiger partial charge in [0.2, 0.25) is 0 Å². The smallest absolute Gasteiger partial charge is 0.260 e. The summed E-state index contributed by atoms with van der Waals surface area (Å²) in [5.41, 5.74) is 0. The number of hydrogen-bond donors (Lipinski definition) is 1. The number of nitrogens with one attached hydrogen (secondary N) is 1. The van der Waals surface area contributed by atoms with Crippen LogP contribution in [0.15, 0.2) is 22.7 Å². The summed E-state index contributed by atoms with van der Waals surface area (Å²) in [4.78, 5) is 12.1. The molecule has 1 unspecified atom stereocenters. The molecular weight excluding hydrogens is 346 g/mol. The fourth-order valence-corrected chi connectivity index (χ4v) is 2.50. The zero-order valence-corrected chi connectivity index (χ0v) is 13.5. The van der Waals surface area contributed by atoms with Crippen LogP contribution in [0.25, 0.3) is 0 Å². The van der Waals surface area contributed by atoms with Crippen molar-refractivity contribution in [3.05, 3.63) is 27.7 Å². The second kappa shape index (κ2) is 7.29. The first-order valence-corrected chi connectivity index (χ1v) is 7.74. The second-order valence-electron chi connectivity index (χ2n) is 4.71. The van der Waals surface area contributed by atoms with Gasteiger partial charge in [-0.1, -0.05) is 17.7 Å². The molecule has 1 aromatic rings. The van der Waals surface area contributed by atoms with Crippen LogP contribution < -0.4 is 10.1 Å². The van der Waals surface area contributed by atoms with Gasteiger partial charge in [0, 0.05) is 19.3 Å². The van der Waals surface area contributed by atoms with E-state index in [4.69, 9.17) is 21.1 Å². The van der Waals surface area contributed by atoms with Gasteiger partial charge in [0.1, 0.15) is 5.75 Å². The molecule has 20 heavy (non-hydrogen) atoms. The lowest BCUT2D eigenvalue weighted by Gasteiger charge is -2.25. The van der Waals surface area contributed by atoms with E-state index in [2.05, 4.69) is 21.2 Å². The maximum absolute atomic E-state index is 12.1. The van der Waals surface area contributed by atoms with Crippen LogP contribution in [0.1, 0.15) is 19.8 Å². The van der Waals surface area contributed by atoms with Crippen molar-refractivity contribution < 1.29 is 14.3 Å². The summed E-state index contributed by atoms with van der Waals surface area (Å²) in [6, 6.07) is 5.48. The maximum atomic E-state index is 12.1. The molecule has 1 atom stereocenters. The van der Waals surface area contributed by atoms with Gasteiger partial charge in [-0.3, -0.25) is 4.79 Å². The Bertz CT molecular complexity index is 477. The van der Waals surface area contributed by atoms with Crippen LogP contribution in [0.3, 0.4) is 0 Å². The van der Waals surface area contributed by atoms with Gasteiger partial charge >= 0.3 is 0 Å². The number of carbonyl (C=O) groups excluding carboxylic acids is 1. The molecule has 1 heterocycles. The average Bonchev–Trinajstić information content (AvgIpc) is 2.45. The van der Waals surface area contributed by atoms with Crippen LogP contribution in [-0.2, 0) is 9.53 Å². The van der Waals surface area contributed by atoms with Crippen molar-refractivity contribution in [2.45, 2.75) is 31.9 Å². The Morgan fingerprint density at radius 2 is 2.20 bits per heavy atom. The minimum absolute atomic E-state index is 0.122. The van der Waals surface area contributed by atoms with E-state index in [0.717, 1.165) is 12.8 Å². The lowest BCUT2D eigenvalue weighted by molar-refractivity contribution is -0.128. The molecule has 0 aliphatic carbocycles. The fraction of sp³-hybridized carbons (Fsp3) is 0.500. The Labute approximate surface area is 131 Å². The lowest BCUT2D eigenvalue weighted by atomic mass is 10.1. The Hall–Kier alpha value is -0.780. The first-order chi connectivity index (χ1) is 9.58. The zero-order valence-electron chi connectivity index (χ0n) is 11.2. The van der Waals surface area contributed by atoms with Gasteiger partial charge in [-0.15, -0.1) is 0 Å². The molecular formula is C14H17BrClNO3. The number of ether oxygens (including phenoxy) is 2. The summed E-state index contributed by atoms with van der Waals surface area (Å²) in [6.07, 6.45) is 1.12. The van der Waals surface area contributed by atoms with Crippen LogP contribution >= 0.6 is 27.5 Å². The summed E-state index contributed by atoms with van der Waals surface area (Å²) in [6.45, 7) is 3.11. The highest BCUT2D eigenvalue weighted by Gasteiger charge is 2.21. The predicted molar refractivity (Wildman–Crippen MR) is 81.2 cm³/mol. The Balaban J connectivity index is 1.91. The van der Waals surface area contributed by atoms with E-state index in [0.29, 0.717) is 28.5 Å². The molecule has 2 rings (SSSR count). The topological polar surface area (TPSA) is 47.6 Å². The average molecular weight is 363 g/mol. The number of amides is 1. The van der Waals surface area contributed by atoms with Gasteiger partial charge in [-0.05, 0) is 47.8 Å². The minimum Gasteiger partial charge on any atom is -0.480 e. The van der Waals surface area contributed by atoms with Gasteiger partial charge in [-0.25, -0.2) is 0 Å². The van der Waals surface area contributed by atoms with Gasteiger partial charge in [-0.2, -0.15) is 0 Å². The third-order valence-corrected chi connectivity index (χ3v) is 4.52. The van der Waals surface area contributed by atoms with E-state index in [1.165, 1.54) is 0 Å². The zero-order chi connectivity index (χ0) is 14.5. The molecule has 1 saturated heterocycles. The normalized spacial score (nSPS) is 17.6. The lowest BCUT2D eigenvalue weighted by Crippen LogP contribution is -2.44. The van der Waals surface area contributed by atoms with Gasteiger partial charge in [0.15, 0.2) is 6.10 Å². The monoisotopic (exact) mass is 361 g/mol. The molecule has 1 aliphatic rings. The van der Waals surface area contributed by atoms with E-state index >= 15 is 0 Å². The number of halogens is 2. The van der Waals surface area contributed by atoms with E-state index in [-0.39, 0.29) is 11.9 Å². The van der Waals surface area contributed by atoms with Crippen molar-refractivity contribution in [2.75, 3.05) is 13.2 Å². The van der Waals surface area contributed by atoms with Crippen molar-refractivity contribution in [1.29, 1.82) is 0 Å². The third-order valence-electron chi connectivity index (χ3n) is 3.16. The molecule has 1 N–H and O–H groups in total. The second-order valence-corrected chi connectivity index (χ2v) is 5.91. The molecule has 1 aromatic carbocycles.